The highest BCUT2D eigenvalue weighted by molar-refractivity contribution is 14.1. The molecule has 6 heteroatoms. The Labute approximate surface area is 148 Å². The van der Waals surface area contributed by atoms with Crippen LogP contribution in [0.1, 0.15) is 12.5 Å². The van der Waals surface area contributed by atoms with Crippen LogP contribution >= 0.6 is 22.6 Å². The van der Waals surface area contributed by atoms with Crippen molar-refractivity contribution in [2.45, 2.75) is 6.92 Å². The van der Waals surface area contributed by atoms with E-state index in [1.54, 1.807) is 31.4 Å². The minimum absolute atomic E-state index is 0.101. The van der Waals surface area contributed by atoms with Crippen molar-refractivity contribution in [1.82, 2.24) is 5.43 Å². The minimum Gasteiger partial charge on any atom is -0.497 e. The third-order valence-electron chi connectivity index (χ3n) is 3.04. The highest BCUT2D eigenvalue weighted by Crippen LogP contribution is 2.16. The predicted octanol–water partition coefficient (Wildman–Crippen LogP) is 3.22. The highest BCUT2D eigenvalue weighted by Gasteiger charge is 2.03. The number of carbonyl (C=O) groups is 1. The number of nitrogens with one attached hydrogen (secondary N) is 1. The van der Waals surface area contributed by atoms with Crippen LogP contribution in [-0.2, 0) is 4.79 Å². The van der Waals surface area contributed by atoms with Gasteiger partial charge < -0.3 is 9.47 Å². The van der Waals surface area contributed by atoms with E-state index in [9.17, 15) is 4.79 Å². The van der Waals surface area contributed by atoms with Crippen molar-refractivity contribution in [3.05, 3.63) is 57.7 Å². The third kappa shape index (κ3) is 5.55. The van der Waals surface area contributed by atoms with E-state index in [-0.39, 0.29) is 12.5 Å². The van der Waals surface area contributed by atoms with Gasteiger partial charge in [-0.25, -0.2) is 5.43 Å². The zero-order chi connectivity index (χ0) is 16.7. The third-order valence-corrected chi connectivity index (χ3v) is 3.76. The van der Waals surface area contributed by atoms with Crippen LogP contribution in [0, 0.1) is 3.57 Å². The van der Waals surface area contributed by atoms with Gasteiger partial charge in [0.25, 0.3) is 5.91 Å². The molecule has 0 aromatic heterocycles. The topological polar surface area (TPSA) is 59.9 Å². The summed E-state index contributed by atoms with van der Waals surface area (Å²) < 4.78 is 11.6. The quantitative estimate of drug-likeness (QED) is 0.440. The Hall–Kier alpha value is -2.09. The number of methoxy groups -OCH3 is 1. The maximum absolute atomic E-state index is 11.8. The van der Waals surface area contributed by atoms with E-state index >= 15 is 0 Å². The molecule has 2 aromatic rings. The van der Waals surface area contributed by atoms with Gasteiger partial charge in [-0.3, -0.25) is 4.79 Å². The Morgan fingerprint density at radius 1 is 1.09 bits per heavy atom. The molecule has 0 bridgehead atoms. The van der Waals surface area contributed by atoms with Crippen LogP contribution in [0.5, 0.6) is 11.5 Å². The molecule has 120 valence electrons. The number of amides is 1. The van der Waals surface area contributed by atoms with E-state index in [1.165, 1.54) is 0 Å². The normalized spacial score (nSPS) is 11.0. The van der Waals surface area contributed by atoms with Crippen molar-refractivity contribution in [2.24, 2.45) is 5.10 Å². The van der Waals surface area contributed by atoms with Gasteiger partial charge in [-0.2, -0.15) is 5.10 Å². The summed E-state index contributed by atoms with van der Waals surface area (Å²) in [5.41, 5.74) is 4.18. The maximum atomic E-state index is 11.8. The molecule has 0 spiro atoms. The van der Waals surface area contributed by atoms with E-state index in [4.69, 9.17) is 9.47 Å². The molecule has 1 N–H and O–H groups in total. The van der Waals surface area contributed by atoms with Crippen molar-refractivity contribution in [3.8, 4) is 11.5 Å². The van der Waals surface area contributed by atoms with Gasteiger partial charge in [-0.1, -0.05) is 12.1 Å². The van der Waals surface area contributed by atoms with Crippen LogP contribution in [-0.4, -0.2) is 25.3 Å². The van der Waals surface area contributed by atoms with Crippen LogP contribution in [0.15, 0.2) is 53.6 Å². The highest BCUT2D eigenvalue weighted by atomic mass is 127. The zero-order valence-corrected chi connectivity index (χ0v) is 15.0. The van der Waals surface area contributed by atoms with Gasteiger partial charge in [0, 0.05) is 3.57 Å². The Bertz CT molecular complexity index is 682. The second-order valence-corrected chi connectivity index (χ2v) is 5.95. The molecule has 0 saturated heterocycles. The van der Waals surface area contributed by atoms with Gasteiger partial charge in [0.1, 0.15) is 11.5 Å². The Kier molecular flexibility index (Phi) is 6.40. The molecule has 5 nitrogen and oxygen atoms in total. The summed E-state index contributed by atoms with van der Waals surface area (Å²) in [6.45, 7) is 1.74. The Morgan fingerprint density at radius 3 is 2.30 bits per heavy atom. The van der Waals surface area contributed by atoms with Crippen molar-refractivity contribution in [3.63, 3.8) is 0 Å². The lowest BCUT2D eigenvalue weighted by molar-refractivity contribution is -0.123. The molecule has 0 aliphatic heterocycles. The lowest BCUT2D eigenvalue weighted by Gasteiger charge is -2.06. The van der Waals surface area contributed by atoms with Crippen LogP contribution in [0.25, 0.3) is 0 Å². The van der Waals surface area contributed by atoms with Gasteiger partial charge in [0.05, 0.1) is 12.8 Å². The molecular weight excluding hydrogens is 407 g/mol. The summed E-state index contributed by atoms with van der Waals surface area (Å²) in [7, 11) is 1.59. The number of ether oxygens (including phenoxy) is 2. The minimum atomic E-state index is -0.314. The van der Waals surface area contributed by atoms with E-state index in [0.29, 0.717) is 5.75 Å². The molecule has 2 aromatic carbocycles. The lowest BCUT2D eigenvalue weighted by Crippen LogP contribution is -2.25. The van der Waals surface area contributed by atoms with E-state index in [1.807, 2.05) is 31.2 Å². The molecule has 0 aliphatic carbocycles. The van der Waals surface area contributed by atoms with Gasteiger partial charge >= 0.3 is 0 Å². The predicted molar refractivity (Wildman–Crippen MR) is 98.0 cm³/mol. The van der Waals surface area contributed by atoms with Gasteiger partial charge in [-0.15, -0.1) is 0 Å². The second kappa shape index (κ2) is 8.52. The molecule has 23 heavy (non-hydrogen) atoms. The molecular formula is C17H17IN2O3. The van der Waals surface area contributed by atoms with Crippen LogP contribution in [0.4, 0.5) is 0 Å². The van der Waals surface area contributed by atoms with Crippen molar-refractivity contribution >= 4 is 34.2 Å². The zero-order valence-electron chi connectivity index (χ0n) is 12.9. The SMILES string of the molecule is COc1ccc(OCC(=O)N/N=C(/C)c2ccc(I)cc2)cc1. The van der Waals surface area contributed by atoms with Gasteiger partial charge in [-0.05, 0) is 71.5 Å². The van der Waals surface area contributed by atoms with Crippen molar-refractivity contribution < 1.29 is 14.3 Å². The monoisotopic (exact) mass is 424 g/mol. The average molecular weight is 424 g/mol. The smallest absolute Gasteiger partial charge is 0.277 e. The number of nitrogens with zero attached hydrogens (tertiary/aromatic N) is 1. The summed E-state index contributed by atoms with van der Waals surface area (Å²) in [4.78, 5) is 11.8. The fraction of sp³-hybridized carbons (Fsp3) is 0.176. The van der Waals surface area contributed by atoms with Gasteiger partial charge in [0.15, 0.2) is 6.61 Å². The number of rotatable bonds is 6. The first-order valence-corrected chi connectivity index (χ1v) is 8.02. The first-order valence-electron chi connectivity index (χ1n) is 6.94. The number of hydrogen-bond acceptors (Lipinski definition) is 4. The molecule has 0 unspecified atom stereocenters. The maximum Gasteiger partial charge on any atom is 0.277 e. The summed E-state index contributed by atoms with van der Waals surface area (Å²) in [6, 6.07) is 14.9. The first kappa shape index (κ1) is 17.3. The molecule has 2 rings (SSSR count). The molecule has 0 saturated carbocycles. The molecule has 0 atom stereocenters. The molecule has 0 fully saturated rings. The summed E-state index contributed by atoms with van der Waals surface area (Å²) in [5, 5.41) is 4.08. The molecule has 1 amide bonds. The van der Waals surface area contributed by atoms with Crippen LogP contribution in [0.3, 0.4) is 0 Å². The Balaban J connectivity index is 1.84. The fourth-order valence-electron chi connectivity index (χ4n) is 1.75. The summed E-state index contributed by atoms with van der Waals surface area (Å²) in [6.07, 6.45) is 0. The van der Waals surface area contributed by atoms with E-state index in [0.717, 1.165) is 20.6 Å². The second-order valence-electron chi connectivity index (χ2n) is 4.70. The number of carbonyl (C=O) groups excluding carboxylic acids is 1. The van der Waals surface area contributed by atoms with Crippen LogP contribution in [0.2, 0.25) is 0 Å². The molecule has 0 aliphatic rings. The van der Waals surface area contributed by atoms with Crippen LogP contribution < -0.4 is 14.9 Å². The number of hydrogen-bond donors (Lipinski definition) is 1. The first-order chi connectivity index (χ1) is 11.1. The molecule has 0 heterocycles. The standard InChI is InChI=1S/C17H17IN2O3/c1-12(13-3-5-14(18)6-4-13)19-20-17(21)11-23-16-9-7-15(22-2)8-10-16/h3-10H,11H2,1-2H3,(H,20,21)/b19-12-. The average Bonchev–Trinajstić information content (AvgIpc) is 2.59. The van der Waals surface area contributed by atoms with Crippen molar-refractivity contribution in [2.75, 3.05) is 13.7 Å². The van der Waals surface area contributed by atoms with Gasteiger partial charge in [0.2, 0.25) is 0 Å². The number of hydrazone groups is 1. The van der Waals surface area contributed by atoms with Crippen molar-refractivity contribution in [1.29, 1.82) is 0 Å². The molecule has 0 radical (unpaired) electrons. The number of halogens is 1. The van der Waals surface area contributed by atoms with E-state index < -0.39 is 0 Å². The lowest BCUT2D eigenvalue weighted by atomic mass is 10.1. The number of benzene rings is 2. The summed E-state index contributed by atoms with van der Waals surface area (Å²) >= 11 is 2.24. The largest absolute Gasteiger partial charge is 0.497 e. The Morgan fingerprint density at radius 2 is 1.70 bits per heavy atom. The summed E-state index contributed by atoms with van der Waals surface area (Å²) in [5.74, 6) is 1.02. The van der Waals surface area contributed by atoms with E-state index in [2.05, 4.69) is 33.1 Å². The fourth-order valence-corrected chi connectivity index (χ4v) is 2.11.